The lowest BCUT2D eigenvalue weighted by atomic mass is 10.1. The van der Waals surface area contributed by atoms with Gasteiger partial charge in [-0.25, -0.2) is 0 Å². The Morgan fingerprint density at radius 1 is 0.941 bits per heavy atom. The van der Waals surface area contributed by atoms with E-state index in [9.17, 15) is 5.11 Å². The standard InChI is InChI=1S/C14H31NO2/c1-2-3-4-5-6-7-10-14(17)13-15-11-8-9-12-16/h14-17H,2-13H2,1H3. The molecule has 0 radical (unpaired) electrons. The van der Waals surface area contributed by atoms with Crippen molar-refractivity contribution >= 4 is 0 Å². The Balaban J connectivity index is 3.09. The number of unbranched alkanes of at least 4 members (excludes halogenated alkanes) is 6. The highest BCUT2D eigenvalue weighted by molar-refractivity contribution is 4.60. The zero-order chi connectivity index (χ0) is 12.8. The fraction of sp³-hybridized carbons (Fsp3) is 1.00. The van der Waals surface area contributed by atoms with Crippen molar-refractivity contribution < 1.29 is 10.2 Å². The molecule has 0 spiro atoms. The number of hydrogen-bond acceptors (Lipinski definition) is 3. The first-order valence-electron chi connectivity index (χ1n) is 7.31. The second-order valence-corrected chi connectivity index (χ2v) is 4.85. The van der Waals surface area contributed by atoms with Crippen LogP contribution < -0.4 is 5.32 Å². The van der Waals surface area contributed by atoms with Crippen molar-refractivity contribution in [2.45, 2.75) is 70.8 Å². The summed E-state index contributed by atoms with van der Waals surface area (Å²) in [7, 11) is 0. The van der Waals surface area contributed by atoms with Crippen LogP contribution in [-0.4, -0.2) is 36.0 Å². The van der Waals surface area contributed by atoms with Crippen LogP contribution in [-0.2, 0) is 0 Å². The van der Waals surface area contributed by atoms with Crippen molar-refractivity contribution in [2.24, 2.45) is 0 Å². The molecule has 0 aromatic rings. The van der Waals surface area contributed by atoms with Crippen molar-refractivity contribution in [1.29, 1.82) is 0 Å². The fourth-order valence-electron chi connectivity index (χ4n) is 1.89. The molecule has 0 bridgehead atoms. The first kappa shape index (κ1) is 16.9. The maximum Gasteiger partial charge on any atom is 0.0664 e. The molecular weight excluding hydrogens is 214 g/mol. The van der Waals surface area contributed by atoms with Crippen LogP contribution >= 0.6 is 0 Å². The van der Waals surface area contributed by atoms with Gasteiger partial charge in [-0.15, -0.1) is 0 Å². The van der Waals surface area contributed by atoms with Crippen molar-refractivity contribution in [3.8, 4) is 0 Å². The summed E-state index contributed by atoms with van der Waals surface area (Å²) in [4.78, 5) is 0. The van der Waals surface area contributed by atoms with E-state index in [1.807, 2.05) is 0 Å². The second-order valence-electron chi connectivity index (χ2n) is 4.85. The smallest absolute Gasteiger partial charge is 0.0664 e. The molecule has 0 fully saturated rings. The summed E-state index contributed by atoms with van der Waals surface area (Å²) >= 11 is 0. The molecule has 0 aromatic carbocycles. The average molecular weight is 245 g/mol. The molecule has 0 rings (SSSR count). The summed E-state index contributed by atoms with van der Waals surface area (Å²) in [5.41, 5.74) is 0. The van der Waals surface area contributed by atoms with Gasteiger partial charge in [-0.3, -0.25) is 0 Å². The minimum Gasteiger partial charge on any atom is -0.396 e. The average Bonchev–Trinajstić information content (AvgIpc) is 2.33. The Morgan fingerprint density at radius 2 is 1.65 bits per heavy atom. The molecule has 1 unspecified atom stereocenters. The molecule has 3 nitrogen and oxygen atoms in total. The molecule has 0 saturated carbocycles. The van der Waals surface area contributed by atoms with Gasteiger partial charge in [-0.05, 0) is 25.8 Å². The van der Waals surface area contributed by atoms with Crippen LogP contribution in [0.5, 0.6) is 0 Å². The topological polar surface area (TPSA) is 52.5 Å². The SMILES string of the molecule is CCCCCCCCC(O)CNCCCCO. The van der Waals surface area contributed by atoms with Gasteiger partial charge < -0.3 is 15.5 Å². The van der Waals surface area contributed by atoms with Crippen LogP contribution in [0.15, 0.2) is 0 Å². The zero-order valence-corrected chi connectivity index (χ0v) is 11.5. The molecule has 0 aliphatic rings. The maximum atomic E-state index is 9.70. The maximum absolute atomic E-state index is 9.70. The van der Waals surface area contributed by atoms with E-state index in [0.29, 0.717) is 6.54 Å². The number of aliphatic hydroxyl groups excluding tert-OH is 2. The van der Waals surface area contributed by atoms with E-state index in [-0.39, 0.29) is 12.7 Å². The van der Waals surface area contributed by atoms with Gasteiger partial charge in [0.25, 0.3) is 0 Å². The Hall–Kier alpha value is -0.120. The lowest BCUT2D eigenvalue weighted by molar-refractivity contribution is 0.157. The van der Waals surface area contributed by atoms with E-state index in [2.05, 4.69) is 12.2 Å². The normalized spacial score (nSPS) is 12.9. The van der Waals surface area contributed by atoms with E-state index in [4.69, 9.17) is 5.11 Å². The summed E-state index contributed by atoms with van der Waals surface area (Å²) in [6, 6.07) is 0. The van der Waals surface area contributed by atoms with Gasteiger partial charge in [0.1, 0.15) is 0 Å². The predicted octanol–water partition coefficient (Wildman–Crippen LogP) is 2.46. The van der Waals surface area contributed by atoms with Crippen molar-refractivity contribution in [1.82, 2.24) is 5.32 Å². The van der Waals surface area contributed by atoms with Gasteiger partial charge in [0.2, 0.25) is 0 Å². The molecule has 3 heteroatoms. The molecule has 0 saturated heterocycles. The number of hydrogen-bond donors (Lipinski definition) is 3. The summed E-state index contributed by atoms with van der Waals surface area (Å²) in [6.45, 7) is 4.09. The van der Waals surface area contributed by atoms with Gasteiger partial charge in [-0.2, -0.15) is 0 Å². The monoisotopic (exact) mass is 245 g/mol. The predicted molar refractivity (Wildman–Crippen MR) is 73.2 cm³/mol. The number of aliphatic hydroxyl groups is 2. The minimum absolute atomic E-state index is 0.199. The van der Waals surface area contributed by atoms with E-state index in [0.717, 1.165) is 32.2 Å². The van der Waals surface area contributed by atoms with E-state index in [1.54, 1.807) is 0 Å². The molecule has 0 amide bonds. The molecule has 1 atom stereocenters. The lowest BCUT2D eigenvalue weighted by Crippen LogP contribution is -2.27. The Labute approximate surface area is 107 Å². The third-order valence-corrected chi connectivity index (χ3v) is 3.03. The van der Waals surface area contributed by atoms with Crippen LogP contribution in [0.4, 0.5) is 0 Å². The Bertz CT molecular complexity index is 142. The van der Waals surface area contributed by atoms with Gasteiger partial charge in [-0.1, -0.05) is 45.4 Å². The van der Waals surface area contributed by atoms with Crippen LogP contribution in [0.1, 0.15) is 64.7 Å². The highest BCUT2D eigenvalue weighted by atomic mass is 16.3. The summed E-state index contributed by atoms with van der Waals surface area (Å²) < 4.78 is 0. The van der Waals surface area contributed by atoms with Crippen LogP contribution in [0, 0.1) is 0 Å². The van der Waals surface area contributed by atoms with E-state index >= 15 is 0 Å². The highest BCUT2D eigenvalue weighted by Crippen LogP contribution is 2.08. The molecule has 0 aliphatic carbocycles. The van der Waals surface area contributed by atoms with Crippen LogP contribution in [0.2, 0.25) is 0 Å². The fourth-order valence-corrected chi connectivity index (χ4v) is 1.89. The zero-order valence-electron chi connectivity index (χ0n) is 11.5. The van der Waals surface area contributed by atoms with Crippen molar-refractivity contribution in [2.75, 3.05) is 19.7 Å². The largest absolute Gasteiger partial charge is 0.396 e. The van der Waals surface area contributed by atoms with Gasteiger partial charge >= 0.3 is 0 Å². The third-order valence-electron chi connectivity index (χ3n) is 3.03. The van der Waals surface area contributed by atoms with E-state index in [1.165, 1.54) is 32.1 Å². The molecule has 104 valence electrons. The molecule has 0 aliphatic heterocycles. The molecule has 17 heavy (non-hydrogen) atoms. The first-order valence-corrected chi connectivity index (χ1v) is 7.31. The van der Waals surface area contributed by atoms with Crippen molar-refractivity contribution in [3.05, 3.63) is 0 Å². The summed E-state index contributed by atoms with van der Waals surface area (Å²) in [5, 5.41) is 21.5. The van der Waals surface area contributed by atoms with Gasteiger partial charge in [0, 0.05) is 13.2 Å². The Morgan fingerprint density at radius 3 is 2.35 bits per heavy atom. The van der Waals surface area contributed by atoms with Crippen LogP contribution in [0.25, 0.3) is 0 Å². The van der Waals surface area contributed by atoms with Gasteiger partial charge in [0.05, 0.1) is 6.10 Å². The molecule has 3 N–H and O–H groups in total. The second kappa shape index (κ2) is 13.9. The van der Waals surface area contributed by atoms with Crippen molar-refractivity contribution in [3.63, 3.8) is 0 Å². The minimum atomic E-state index is -0.199. The Kier molecular flexibility index (Phi) is 13.8. The molecule has 0 aromatic heterocycles. The third kappa shape index (κ3) is 13.8. The number of rotatable bonds is 13. The lowest BCUT2D eigenvalue weighted by Gasteiger charge is -2.11. The molecular formula is C14H31NO2. The quantitative estimate of drug-likeness (QED) is 0.437. The summed E-state index contributed by atoms with van der Waals surface area (Å²) in [6.07, 6.45) is 10.2. The first-order chi connectivity index (χ1) is 8.31. The summed E-state index contributed by atoms with van der Waals surface area (Å²) in [5.74, 6) is 0. The van der Waals surface area contributed by atoms with Gasteiger partial charge in [0.15, 0.2) is 0 Å². The highest BCUT2D eigenvalue weighted by Gasteiger charge is 2.02. The van der Waals surface area contributed by atoms with Crippen LogP contribution in [0.3, 0.4) is 0 Å². The van der Waals surface area contributed by atoms with E-state index < -0.39 is 0 Å². The number of nitrogens with one attached hydrogen (secondary N) is 1. The molecule has 0 heterocycles.